The Morgan fingerprint density at radius 2 is 2.05 bits per heavy atom. The molecule has 0 aliphatic carbocycles. The van der Waals surface area contributed by atoms with Gasteiger partial charge in [0, 0.05) is 32.8 Å². The van der Waals surface area contributed by atoms with Crippen LogP contribution in [0.3, 0.4) is 0 Å². The van der Waals surface area contributed by atoms with E-state index in [1.807, 2.05) is 0 Å². The number of nitrogens with two attached hydrogens (primary N) is 2. The zero-order valence-corrected chi connectivity index (χ0v) is 12.9. The number of hydrogen-bond acceptors (Lipinski definition) is 5. The summed E-state index contributed by atoms with van der Waals surface area (Å²) in [6.07, 6.45) is 2.77. The Balaban J connectivity index is 1.92. The SMILES string of the molecule is NC1(C(=O)N2CCCC(CNS(N)(=O)=O)C2)CCOCC1. The van der Waals surface area contributed by atoms with Crippen molar-refractivity contribution in [2.24, 2.45) is 16.8 Å². The van der Waals surface area contributed by atoms with E-state index >= 15 is 0 Å². The molecule has 0 saturated carbocycles. The molecule has 21 heavy (non-hydrogen) atoms. The molecular weight excluding hydrogens is 296 g/mol. The standard InChI is InChI=1S/C12H24N4O4S/c13-12(3-6-20-7-4-12)11(17)16-5-1-2-10(9-16)8-15-21(14,18)19/h10,15H,1-9,13H2,(H2,14,18,19). The maximum atomic E-state index is 12.6. The molecule has 5 N–H and O–H groups in total. The van der Waals surface area contributed by atoms with E-state index < -0.39 is 15.7 Å². The Hall–Kier alpha value is -0.740. The largest absolute Gasteiger partial charge is 0.381 e. The van der Waals surface area contributed by atoms with Crippen molar-refractivity contribution in [1.82, 2.24) is 9.62 Å². The van der Waals surface area contributed by atoms with Crippen LogP contribution in [0.15, 0.2) is 0 Å². The third-order valence-electron chi connectivity index (χ3n) is 4.19. The van der Waals surface area contributed by atoms with Crippen LogP contribution >= 0.6 is 0 Å². The Morgan fingerprint density at radius 3 is 2.67 bits per heavy atom. The summed E-state index contributed by atoms with van der Waals surface area (Å²) in [6.45, 7) is 2.45. The first kappa shape index (κ1) is 16.6. The van der Waals surface area contributed by atoms with Gasteiger partial charge in [0.05, 0.1) is 5.54 Å². The molecule has 1 unspecified atom stereocenters. The lowest BCUT2D eigenvalue weighted by Gasteiger charge is -2.40. The first-order chi connectivity index (χ1) is 9.80. The van der Waals surface area contributed by atoms with E-state index in [0.29, 0.717) is 39.1 Å². The minimum absolute atomic E-state index is 0.0499. The minimum atomic E-state index is -3.69. The molecule has 2 aliphatic rings. The smallest absolute Gasteiger partial charge is 0.274 e. The first-order valence-corrected chi connectivity index (χ1v) is 8.78. The van der Waals surface area contributed by atoms with Gasteiger partial charge in [-0.25, -0.2) is 9.86 Å². The molecule has 0 bridgehead atoms. The third-order valence-corrected chi connectivity index (χ3v) is 4.76. The van der Waals surface area contributed by atoms with Gasteiger partial charge in [-0.1, -0.05) is 0 Å². The maximum absolute atomic E-state index is 12.6. The van der Waals surface area contributed by atoms with Gasteiger partial charge in [-0.3, -0.25) is 4.79 Å². The second kappa shape index (κ2) is 6.57. The zero-order chi connectivity index (χ0) is 15.5. The number of carbonyl (C=O) groups is 1. The highest BCUT2D eigenvalue weighted by atomic mass is 32.2. The summed E-state index contributed by atoms with van der Waals surface area (Å²) in [6, 6.07) is 0. The summed E-state index contributed by atoms with van der Waals surface area (Å²) in [5, 5.41) is 4.93. The monoisotopic (exact) mass is 320 g/mol. The number of piperidine rings is 1. The van der Waals surface area contributed by atoms with E-state index in [2.05, 4.69) is 4.72 Å². The van der Waals surface area contributed by atoms with Crippen LogP contribution in [0.4, 0.5) is 0 Å². The van der Waals surface area contributed by atoms with Gasteiger partial charge in [-0.15, -0.1) is 0 Å². The molecule has 0 spiro atoms. The Bertz CT molecular complexity index is 476. The molecule has 9 heteroatoms. The predicted molar refractivity (Wildman–Crippen MR) is 77.4 cm³/mol. The molecule has 8 nitrogen and oxygen atoms in total. The minimum Gasteiger partial charge on any atom is -0.381 e. The van der Waals surface area contributed by atoms with Gasteiger partial charge in [-0.2, -0.15) is 8.42 Å². The maximum Gasteiger partial charge on any atom is 0.274 e. The fraction of sp³-hybridized carbons (Fsp3) is 0.917. The van der Waals surface area contributed by atoms with E-state index in [9.17, 15) is 13.2 Å². The van der Waals surface area contributed by atoms with Crippen LogP contribution in [0.25, 0.3) is 0 Å². The number of nitrogens with zero attached hydrogens (tertiary/aromatic N) is 1. The molecule has 0 aromatic heterocycles. The second-order valence-electron chi connectivity index (χ2n) is 5.92. The number of ether oxygens (including phenoxy) is 1. The summed E-state index contributed by atoms with van der Waals surface area (Å²) < 4.78 is 29.4. The zero-order valence-electron chi connectivity index (χ0n) is 12.1. The summed E-state index contributed by atoms with van der Waals surface area (Å²) in [5.74, 6) is 0.0237. The van der Waals surface area contributed by atoms with Crippen molar-refractivity contribution < 1.29 is 17.9 Å². The van der Waals surface area contributed by atoms with Gasteiger partial charge in [0.1, 0.15) is 0 Å². The molecule has 122 valence electrons. The number of rotatable bonds is 4. The highest BCUT2D eigenvalue weighted by Crippen LogP contribution is 2.24. The van der Waals surface area contributed by atoms with Crippen molar-refractivity contribution in [2.45, 2.75) is 31.2 Å². The molecule has 0 aromatic rings. The number of hydrogen-bond donors (Lipinski definition) is 3. The first-order valence-electron chi connectivity index (χ1n) is 7.23. The fourth-order valence-electron chi connectivity index (χ4n) is 2.91. The lowest BCUT2D eigenvalue weighted by atomic mass is 9.88. The van der Waals surface area contributed by atoms with Crippen LogP contribution in [0.1, 0.15) is 25.7 Å². The van der Waals surface area contributed by atoms with E-state index in [4.69, 9.17) is 15.6 Å². The normalized spacial score (nSPS) is 26.6. The van der Waals surface area contributed by atoms with Crippen molar-refractivity contribution in [3.63, 3.8) is 0 Å². The lowest BCUT2D eigenvalue weighted by Crippen LogP contribution is -2.60. The van der Waals surface area contributed by atoms with Crippen molar-refractivity contribution in [2.75, 3.05) is 32.8 Å². The highest BCUT2D eigenvalue weighted by molar-refractivity contribution is 7.87. The third kappa shape index (κ3) is 4.62. The molecule has 2 aliphatic heterocycles. The average molecular weight is 320 g/mol. The van der Waals surface area contributed by atoms with Gasteiger partial charge in [0.25, 0.3) is 10.2 Å². The van der Waals surface area contributed by atoms with Crippen LogP contribution in [-0.2, 0) is 19.7 Å². The average Bonchev–Trinajstić information content (AvgIpc) is 2.45. The number of carbonyl (C=O) groups excluding carboxylic acids is 1. The van der Waals surface area contributed by atoms with Gasteiger partial charge in [0.2, 0.25) is 5.91 Å². The summed E-state index contributed by atoms with van der Waals surface area (Å²) >= 11 is 0. The highest BCUT2D eigenvalue weighted by Gasteiger charge is 2.40. The summed E-state index contributed by atoms with van der Waals surface area (Å²) in [7, 11) is -3.69. The number of nitrogens with one attached hydrogen (secondary N) is 1. The van der Waals surface area contributed by atoms with E-state index in [0.717, 1.165) is 12.8 Å². The Labute approximate surface area is 125 Å². The Kier molecular flexibility index (Phi) is 5.20. The van der Waals surface area contributed by atoms with Crippen LogP contribution in [-0.4, -0.2) is 57.6 Å². The molecule has 1 atom stereocenters. The number of amides is 1. The topological polar surface area (TPSA) is 128 Å². The van der Waals surface area contributed by atoms with E-state index in [1.54, 1.807) is 4.90 Å². The van der Waals surface area contributed by atoms with E-state index in [-0.39, 0.29) is 18.4 Å². The van der Waals surface area contributed by atoms with Crippen molar-refractivity contribution in [1.29, 1.82) is 0 Å². The van der Waals surface area contributed by atoms with Crippen LogP contribution in [0.2, 0.25) is 0 Å². The molecule has 1 amide bonds. The molecule has 2 fully saturated rings. The lowest BCUT2D eigenvalue weighted by molar-refractivity contribution is -0.142. The molecule has 0 radical (unpaired) electrons. The number of likely N-dealkylation sites (tertiary alicyclic amines) is 1. The molecule has 2 heterocycles. The summed E-state index contributed by atoms with van der Waals surface area (Å²) in [5.41, 5.74) is 5.38. The van der Waals surface area contributed by atoms with Crippen molar-refractivity contribution in [3.05, 3.63) is 0 Å². The van der Waals surface area contributed by atoms with Crippen LogP contribution in [0.5, 0.6) is 0 Å². The molecule has 2 rings (SSSR count). The fourth-order valence-corrected chi connectivity index (χ4v) is 3.38. The summed E-state index contributed by atoms with van der Waals surface area (Å²) in [4.78, 5) is 14.4. The predicted octanol–water partition coefficient (Wildman–Crippen LogP) is -1.47. The van der Waals surface area contributed by atoms with Gasteiger partial charge >= 0.3 is 0 Å². The van der Waals surface area contributed by atoms with Crippen LogP contribution < -0.4 is 15.6 Å². The second-order valence-corrected chi connectivity index (χ2v) is 7.30. The van der Waals surface area contributed by atoms with Gasteiger partial charge < -0.3 is 15.4 Å². The van der Waals surface area contributed by atoms with Gasteiger partial charge in [-0.05, 0) is 31.6 Å². The molecule has 0 aromatic carbocycles. The molecule has 2 saturated heterocycles. The molecular formula is C12H24N4O4S. The van der Waals surface area contributed by atoms with Crippen LogP contribution in [0, 0.1) is 5.92 Å². The Morgan fingerprint density at radius 1 is 1.38 bits per heavy atom. The van der Waals surface area contributed by atoms with Gasteiger partial charge in [0.15, 0.2) is 0 Å². The quantitative estimate of drug-likeness (QED) is 0.582. The van der Waals surface area contributed by atoms with Crippen molar-refractivity contribution in [3.8, 4) is 0 Å². The van der Waals surface area contributed by atoms with E-state index in [1.165, 1.54) is 0 Å². The van der Waals surface area contributed by atoms with Crippen molar-refractivity contribution >= 4 is 16.1 Å².